The van der Waals surface area contributed by atoms with Crippen molar-refractivity contribution in [1.82, 2.24) is 5.32 Å². The number of aromatic carboxylic acids is 1. The van der Waals surface area contributed by atoms with Gasteiger partial charge in [0, 0.05) is 19.2 Å². The van der Waals surface area contributed by atoms with Gasteiger partial charge in [-0.05, 0) is 31.4 Å². The van der Waals surface area contributed by atoms with E-state index in [0.29, 0.717) is 12.1 Å². The molecule has 1 fully saturated rings. The Labute approximate surface area is 122 Å². The number of carbonyl (C=O) groups is 1. The molecule has 1 aliphatic heterocycles. The zero-order valence-corrected chi connectivity index (χ0v) is 11.6. The average molecular weight is 294 g/mol. The van der Waals surface area contributed by atoms with Crippen LogP contribution in [0.4, 0.5) is 5.69 Å². The monoisotopic (exact) mass is 294 g/mol. The molecule has 0 amide bonds. The largest absolute Gasteiger partial charge is 0.477 e. The number of hydrogen-bond acceptors (Lipinski definition) is 5. The first-order valence-corrected chi connectivity index (χ1v) is 6.91. The summed E-state index contributed by atoms with van der Waals surface area (Å²) in [5.41, 5.74) is -0.197. The Morgan fingerprint density at radius 2 is 2.33 bits per heavy atom. The molecule has 0 saturated carbocycles. The van der Waals surface area contributed by atoms with Crippen LogP contribution in [0.3, 0.4) is 0 Å². The number of rotatable bonds is 7. The summed E-state index contributed by atoms with van der Waals surface area (Å²) in [4.78, 5) is 21.5. The van der Waals surface area contributed by atoms with Crippen LogP contribution in [-0.4, -0.2) is 35.3 Å². The predicted octanol–water partition coefficient (Wildman–Crippen LogP) is 1.95. The minimum absolute atomic E-state index is 0.243. The maximum atomic E-state index is 11.2. The van der Waals surface area contributed by atoms with Crippen molar-refractivity contribution in [3.8, 4) is 0 Å². The first-order chi connectivity index (χ1) is 10.1. The number of benzene rings is 1. The molecule has 0 radical (unpaired) electrons. The van der Waals surface area contributed by atoms with E-state index in [1.54, 1.807) is 6.07 Å². The maximum Gasteiger partial charge on any atom is 0.343 e. The molecule has 7 nitrogen and oxygen atoms in total. The molecular formula is C14H18N2O5. The third kappa shape index (κ3) is 3.99. The third-order valence-corrected chi connectivity index (χ3v) is 3.52. The number of nitro groups is 1. The van der Waals surface area contributed by atoms with Crippen LogP contribution in [0, 0.1) is 10.1 Å². The number of nitrogens with one attached hydrogen (secondary N) is 1. The normalized spacial score (nSPS) is 17.8. The highest BCUT2D eigenvalue weighted by atomic mass is 16.6. The van der Waals surface area contributed by atoms with Gasteiger partial charge in [-0.2, -0.15) is 0 Å². The number of carboxylic acids is 1. The number of nitro benzene ring substituents is 1. The van der Waals surface area contributed by atoms with Gasteiger partial charge in [0.15, 0.2) is 0 Å². The molecule has 0 aromatic heterocycles. The fourth-order valence-corrected chi connectivity index (χ4v) is 2.49. The lowest BCUT2D eigenvalue weighted by molar-refractivity contribution is -0.385. The van der Waals surface area contributed by atoms with E-state index in [0.717, 1.165) is 25.9 Å². The highest BCUT2D eigenvalue weighted by Crippen LogP contribution is 2.22. The van der Waals surface area contributed by atoms with Crippen molar-refractivity contribution >= 4 is 11.7 Å². The molecular weight excluding hydrogens is 276 g/mol. The molecule has 2 rings (SSSR count). The maximum absolute atomic E-state index is 11.2. The van der Waals surface area contributed by atoms with Crippen LogP contribution in [0.5, 0.6) is 0 Å². The fourth-order valence-electron chi connectivity index (χ4n) is 2.49. The van der Waals surface area contributed by atoms with Gasteiger partial charge in [0.1, 0.15) is 5.56 Å². The quantitative estimate of drug-likeness (QED) is 0.453. The first kappa shape index (κ1) is 15.4. The molecule has 114 valence electrons. The van der Waals surface area contributed by atoms with Gasteiger partial charge in [-0.15, -0.1) is 0 Å². The van der Waals surface area contributed by atoms with Gasteiger partial charge < -0.3 is 15.2 Å². The Bertz CT molecular complexity index is 526. The topological polar surface area (TPSA) is 102 Å². The van der Waals surface area contributed by atoms with Crippen LogP contribution in [0.15, 0.2) is 18.2 Å². The Balaban J connectivity index is 1.97. The third-order valence-electron chi connectivity index (χ3n) is 3.52. The highest BCUT2D eigenvalue weighted by molar-refractivity contribution is 5.94. The van der Waals surface area contributed by atoms with E-state index in [1.165, 1.54) is 12.1 Å². The van der Waals surface area contributed by atoms with Crippen LogP contribution < -0.4 is 5.32 Å². The lowest BCUT2D eigenvalue weighted by Crippen LogP contribution is -2.21. The molecule has 0 spiro atoms. The standard InChI is InChI=1S/C14H18N2O5/c17-14(18)13-10(3-1-5-12(13)16(19)20)9-15-7-6-11-4-2-8-21-11/h1,3,5,11,15H,2,4,6-9H2,(H,17,18). The molecule has 1 heterocycles. The van der Waals surface area contributed by atoms with E-state index in [9.17, 15) is 20.0 Å². The fraction of sp³-hybridized carbons (Fsp3) is 0.500. The van der Waals surface area contributed by atoms with Gasteiger partial charge >= 0.3 is 5.97 Å². The molecule has 2 N–H and O–H groups in total. The number of hydrogen-bond donors (Lipinski definition) is 2. The molecule has 1 aromatic carbocycles. The van der Waals surface area contributed by atoms with Gasteiger partial charge in [0.25, 0.3) is 5.69 Å². The Hall–Kier alpha value is -1.99. The SMILES string of the molecule is O=C(O)c1c(CNCCC2CCCO2)cccc1[N+](=O)[O-]. The second kappa shape index (κ2) is 7.14. The van der Waals surface area contributed by atoms with Gasteiger partial charge in [-0.1, -0.05) is 12.1 Å². The van der Waals surface area contributed by atoms with Crippen LogP contribution in [0.25, 0.3) is 0 Å². The van der Waals surface area contributed by atoms with Gasteiger partial charge in [-0.25, -0.2) is 4.79 Å². The van der Waals surface area contributed by atoms with Crippen molar-refractivity contribution in [2.24, 2.45) is 0 Å². The summed E-state index contributed by atoms with van der Waals surface area (Å²) in [5, 5.41) is 23.2. The summed E-state index contributed by atoms with van der Waals surface area (Å²) in [7, 11) is 0. The van der Waals surface area contributed by atoms with Crippen molar-refractivity contribution in [2.75, 3.05) is 13.2 Å². The number of carboxylic acid groups (broad SMARTS) is 1. The molecule has 1 unspecified atom stereocenters. The van der Waals surface area contributed by atoms with Crippen molar-refractivity contribution in [3.63, 3.8) is 0 Å². The van der Waals surface area contributed by atoms with Crippen LogP contribution in [0.1, 0.15) is 35.2 Å². The zero-order chi connectivity index (χ0) is 15.2. The van der Waals surface area contributed by atoms with Crippen molar-refractivity contribution in [1.29, 1.82) is 0 Å². The van der Waals surface area contributed by atoms with Gasteiger partial charge in [0.05, 0.1) is 11.0 Å². The van der Waals surface area contributed by atoms with E-state index in [4.69, 9.17) is 4.74 Å². The highest BCUT2D eigenvalue weighted by Gasteiger charge is 2.23. The predicted molar refractivity (Wildman–Crippen MR) is 75.4 cm³/mol. The lowest BCUT2D eigenvalue weighted by atomic mass is 10.1. The minimum Gasteiger partial charge on any atom is -0.477 e. The second-order valence-corrected chi connectivity index (χ2v) is 4.97. The molecule has 21 heavy (non-hydrogen) atoms. The smallest absolute Gasteiger partial charge is 0.343 e. The Morgan fingerprint density at radius 1 is 1.52 bits per heavy atom. The van der Waals surface area contributed by atoms with E-state index in [-0.39, 0.29) is 23.9 Å². The average Bonchev–Trinajstić information content (AvgIpc) is 2.96. The Morgan fingerprint density at radius 3 is 2.95 bits per heavy atom. The summed E-state index contributed by atoms with van der Waals surface area (Å²) in [6, 6.07) is 4.30. The molecule has 0 bridgehead atoms. The number of nitrogens with zero attached hydrogens (tertiary/aromatic N) is 1. The van der Waals surface area contributed by atoms with Gasteiger partial charge in [0.2, 0.25) is 0 Å². The van der Waals surface area contributed by atoms with E-state index < -0.39 is 10.9 Å². The van der Waals surface area contributed by atoms with E-state index >= 15 is 0 Å². The summed E-state index contributed by atoms with van der Waals surface area (Å²) in [6.45, 7) is 1.78. The van der Waals surface area contributed by atoms with Gasteiger partial charge in [-0.3, -0.25) is 10.1 Å². The van der Waals surface area contributed by atoms with Crippen LogP contribution in [0.2, 0.25) is 0 Å². The van der Waals surface area contributed by atoms with Crippen molar-refractivity contribution in [3.05, 3.63) is 39.4 Å². The molecule has 1 saturated heterocycles. The van der Waals surface area contributed by atoms with Crippen molar-refractivity contribution in [2.45, 2.75) is 31.9 Å². The molecule has 7 heteroatoms. The Kier molecular flexibility index (Phi) is 5.24. The summed E-state index contributed by atoms with van der Waals surface area (Å²) in [6.07, 6.45) is 3.26. The first-order valence-electron chi connectivity index (χ1n) is 6.91. The van der Waals surface area contributed by atoms with Crippen LogP contribution >= 0.6 is 0 Å². The van der Waals surface area contributed by atoms with E-state index in [2.05, 4.69) is 5.32 Å². The minimum atomic E-state index is -1.28. The van der Waals surface area contributed by atoms with Crippen molar-refractivity contribution < 1.29 is 19.6 Å². The second-order valence-electron chi connectivity index (χ2n) is 4.97. The molecule has 1 aromatic rings. The number of ether oxygens (including phenoxy) is 1. The summed E-state index contributed by atoms with van der Waals surface area (Å²) in [5.74, 6) is -1.28. The zero-order valence-electron chi connectivity index (χ0n) is 11.6. The van der Waals surface area contributed by atoms with E-state index in [1.807, 2.05) is 0 Å². The lowest BCUT2D eigenvalue weighted by Gasteiger charge is -2.11. The molecule has 0 aliphatic carbocycles. The summed E-state index contributed by atoms with van der Waals surface area (Å²) >= 11 is 0. The summed E-state index contributed by atoms with van der Waals surface area (Å²) < 4.78 is 5.49. The molecule has 1 aliphatic rings. The van der Waals surface area contributed by atoms with Crippen LogP contribution in [-0.2, 0) is 11.3 Å². The molecule has 1 atom stereocenters.